The van der Waals surface area contributed by atoms with Crippen LogP contribution in [0.25, 0.3) is 0 Å². The molecule has 21 heavy (non-hydrogen) atoms. The first-order chi connectivity index (χ1) is 9.28. The molecular formula is C14H23ClN2O3S. The predicted molar refractivity (Wildman–Crippen MR) is 86.9 cm³/mol. The summed E-state index contributed by atoms with van der Waals surface area (Å²) in [5, 5.41) is 5.33. The second-order valence-electron chi connectivity index (χ2n) is 5.02. The SMILES string of the molecule is CNC(C)CNC(=O)c1ccc(S(=O)(=O)C(C)C)cc1.Cl. The molecule has 1 rings (SSSR count). The van der Waals surface area contributed by atoms with Gasteiger partial charge in [-0.2, -0.15) is 0 Å². The van der Waals surface area contributed by atoms with Gasteiger partial charge in [0.05, 0.1) is 10.1 Å². The zero-order valence-electron chi connectivity index (χ0n) is 12.7. The molecule has 120 valence electrons. The van der Waals surface area contributed by atoms with Crippen LogP contribution in [0.1, 0.15) is 31.1 Å². The number of amides is 1. The highest BCUT2D eigenvalue weighted by atomic mass is 35.5. The molecule has 0 bridgehead atoms. The number of rotatable bonds is 6. The van der Waals surface area contributed by atoms with E-state index in [0.29, 0.717) is 12.1 Å². The van der Waals surface area contributed by atoms with Gasteiger partial charge in [-0.15, -0.1) is 12.4 Å². The van der Waals surface area contributed by atoms with Crippen LogP contribution < -0.4 is 10.6 Å². The fourth-order valence-electron chi connectivity index (χ4n) is 1.52. The summed E-state index contributed by atoms with van der Waals surface area (Å²) in [6.45, 7) is 5.74. The van der Waals surface area contributed by atoms with Crippen molar-refractivity contribution in [3.63, 3.8) is 0 Å². The van der Waals surface area contributed by atoms with Gasteiger partial charge in [-0.05, 0) is 52.1 Å². The first kappa shape index (κ1) is 19.9. The lowest BCUT2D eigenvalue weighted by molar-refractivity contribution is 0.0950. The van der Waals surface area contributed by atoms with Gasteiger partial charge < -0.3 is 10.6 Å². The topological polar surface area (TPSA) is 75.3 Å². The fraction of sp³-hybridized carbons (Fsp3) is 0.500. The minimum absolute atomic E-state index is 0. The van der Waals surface area contributed by atoms with Crippen LogP contribution in [0.4, 0.5) is 0 Å². The van der Waals surface area contributed by atoms with E-state index in [2.05, 4.69) is 10.6 Å². The zero-order valence-corrected chi connectivity index (χ0v) is 14.3. The number of halogens is 1. The Morgan fingerprint density at radius 1 is 1.14 bits per heavy atom. The Bertz CT molecular complexity index is 556. The van der Waals surface area contributed by atoms with Crippen LogP contribution in [0.5, 0.6) is 0 Å². The minimum atomic E-state index is -3.29. The number of sulfone groups is 1. The lowest BCUT2D eigenvalue weighted by Gasteiger charge is -2.12. The molecule has 0 aliphatic heterocycles. The van der Waals surface area contributed by atoms with E-state index in [4.69, 9.17) is 0 Å². The largest absolute Gasteiger partial charge is 0.350 e. The van der Waals surface area contributed by atoms with Crippen molar-refractivity contribution in [2.45, 2.75) is 37.0 Å². The molecule has 1 unspecified atom stereocenters. The Balaban J connectivity index is 0.00000400. The van der Waals surface area contributed by atoms with Crippen LogP contribution >= 0.6 is 12.4 Å². The van der Waals surface area contributed by atoms with Crippen LogP contribution in [-0.2, 0) is 9.84 Å². The van der Waals surface area contributed by atoms with E-state index < -0.39 is 15.1 Å². The van der Waals surface area contributed by atoms with E-state index in [9.17, 15) is 13.2 Å². The third-order valence-electron chi connectivity index (χ3n) is 3.13. The summed E-state index contributed by atoms with van der Waals surface area (Å²) in [7, 11) is -1.47. The third kappa shape index (κ3) is 5.30. The Morgan fingerprint density at radius 3 is 2.10 bits per heavy atom. The first-order valence-corrected chi connectivity index (χ1v) is 8.13. The maximum Gasteiger partial charge on any atom is 0.251 e. The van der Waals surface area contributed by atoms with Gasteiger partial charge in [-0.25, -0.2) is 8.42 Å². The molecule has 0 spiro atoms. The number of hydrogen-bond donors (Lipinski definition) is 2. The first-order valence-electron chi connectivity index (χ1n) is 6.58. The Kier molecular flexibility index (Phi) is 7.92. The Labute approximate surface area is 132 Å². The molecule has 1 amide bonds. The Morgan fingerprint density at radius 2 is 1.67 bits per heavy atom. The summed E-state index contributed by atoms with van der Waals surface area (Å²) >= 11 is 0. The van der Waals surface area contributed by atoms with Crippen molar-refractivity contribution in [1.29, 1.82) is 0 Å². The van der Waals surface area contributed by atoms with Gasteiger partial charge in [0.25, 0.3) is 5.91 Å². The average Bonchev–Trinajstić information content (AvgIpc) is 2.44. The van der Waals surface area contributed by atoms with Crippen molar-refractivity contribution in [3.8, 4) is 0 Å². The molecule has 0 saturated heterocycles. The highest BCUT2D eigenvalue weighted by Crippen LogP contribution is 2.16. The van der Waals surface area contributed by atoms with Gasteiger partial charge in [0.1, 0.15) is 0 Å². The van der Waals surface area contributed by atoms with Crippen LogP contribution in [0, 0.1) is 0 Å². The number of carbonyl (C=O) groups is 1. The Hall–Kier alpha value is -1.11. The quantitative estimate of drug-likeness (QED) is 0.829. The molecule has 5 nitrogen and oxygen atoms in total. The molecule has 1 aromatic carbocycles. The third-order valence-corrected chi connectivity index (χ3v) is 5.30. The summed E-state index contributed by atoms with van der Waals surface area (Å²) in [4.78, 5) is 12.1. The highest BCUT2D eigenvalue weighted by molar-refractivity contribution is 7.92. The van der Waals surface area contributed by atoms with E-state index >= 15 is 0 Å². The number of likely N-dealkylation sites (N-methyl/N-ethyl adjacent to an activating group) is 1. The molecule has 2 N–H and O–H groups in total. The fourth-order valence-corrected chi connectivity index (χ4v) is 2.58. The van der Waals surface area contributed by atoms with E-state index in [1.807, 2.05) is 14.0 Å². The van der Waals surface area contributed by atoms with Crippen molar-refractivity contribution in [2.24, 2.45) is 0 Å². The lowest BCUT2D eigenvalue weighted by Crippen LogP contribution is -2.37. The molecule has 0 aliphatic rings. The van der Waals surface area contributed by atoms with Crippen LogP contribution in [-0.4, -0.2) is 39.2 Å². The summed E-state index contributed by atoms with van der Waals surface area (Å²) in [5.74, 6) is -0.208. The molecule has 0 heterocycles. The van der Waals surface area contributed by atoms with Crippen molar-refractivity contribution in [1.82, 2.24) is 10.6 Å². The van der Waals surface area contributed by atoms with E-state index in [-0.39, 0.29) is 29.3 Å². The molecule has 1 atom stereocenters. The standard InChI is InChI=1S/C14H22N2O3S.ClH/c1-10(2)20(18,19)13-7-5-12(6-8-13)14(17)16-9-11(3)15-4;/h5-8,10-11,15H,9H2,1-4H3,(H,16,17);1H. The summed E-state index contributed by atoms with van der Waals surface area (Å²) in [6, 6.07) is 6.21. The van der Waals surface area contributed by atoms with Gasteiger partial charge in [-0.1, -0.05) is 0 Å². The molecule has 0 radical (unpaired) electrons. The van der Waals surface area contributed by atoms with Gasteiger partial charge >= 0.3 is 0 Å². The molecule has 7 heteroatoms. The number of hydrogen-bond acceptors (Lipinski definition) is 4. The zero-order chi connectivity index (χ0) is 15.3. The number of carbonyl (C=O) groups excluding carboxylic acids is 1. The average molecular weight is 335 g/mol. The normalized spacial score (nSPS) is 12.6. The van der Waals surface area contributed by atoms with Gasteiger partial charge in [-0.3, -0.25) is 4.79 Å². The maximum atomic E-state index is 12.0. The maximum absolute atomic E-state index is 12.0. The van der Waals surface area contributed by atoms with Gasteiger partial charge in [0.15, 0.2) is 9.84 Å². The number of nitrogens with one attached hydrogen (secondary N) is 2. The second kappa shape index (κ2) is 8.36. The minimum Gasteiger partial charge on any atom is -0.350 e. The predicted octanol–water partition coefficient (Wildman–Crippen LogP) is 1.63. The molecule has 0 fully saturated rings. The van der Waals surface area contributed by atoms with Crippen molar-refractivity contribution in [3.05, 3.63) is 29.8 Å². The number of benzene rings is 1. The van der Waals surface area contributed by atoms with E-state index in [0.717, 1.165) is 0 Å². The van der Waals surface area contributed by atoms with Crippen LogP contribution in [0.3, 0.4) is 0 Å². The van der Waals surface area contributed by atoms with Crippen LogP contribution in [0.2, 0.25) is 0 Å². The summed E-state index contributed by atoms with van der Waals surface area (Å²) in [5.41, 5.74) is 0.455. The van der Waals surface area contributed by atoms with Crippen molar-refractivity contribution >= 4 is 28.2 Å². The van der Waals surface area contributed by atoms with Crippen molar-refractivity contribution < 1.29 is 13.2 Å². The molecule has 0 aliphatic carbocycles. The molecule has 0 aromatic heterocycles. The van der Waals surface area contributed by atoms with Gasteiger partial charge in [0.2, 0.25) is 0 Å². The molecule has 1 aromatic rings. The lowest BCUT2D eigenvalue weighted by atomic mass is 10.2. The smallest absolute Gasteiger partial charge is 0.251 e. The van der Waals surface area contributed by atoms with Crippen LogP contribution in [0.15, 0.2) is 29.2 Å². The highest BCUT2D eigenvalue weighted by Gasteiger charge is 2.19. The molecular weight excluding hydrogens is 312 g/mol. The van der Waals surface area contributed by atoms with Gasteiger partial charge in [0, 0.05) is 18.2 Å². The molecule has 0 saturated carbocycles. The van der Waals surface area contributed by atoms with E-state index in [1.165, 1.54) is 24.3 Å². The second-order valence-corrected chi connectivity index (χ2v) is 7.52. The van der Waals surface area contributed by atoms with Crippen molar-refractivity contribution in [2.75, 3.05) is 13.6 Å². The summed E-state index contributed by atoms with van der Waals surface area (Å²) in [6.07, 6.45) is 0. The van der Waals surface area contributed by atoms with E-state index in [1.54, 1.807) is 13.8 Å². The summed E-state index contributed by atoms with van der Waals surface area (Å²) < 4.78 is 23.9. The monoisotopic (exact) mass is 334 g/mol.